The fourth-order valence-corrected chi connectivity index (χ4v) is 7.51. The third-order valence-electron chi connectivity index (χ3n) is 10.5. The second-order valence-electron chi connectivity index (χ2n) is 14.1. The zero-order chi connectivity index (χ0) is 33.4. The first kappa shape index (κ1) is 35.4. The van der Waals surface area contributed by atoms with E-state index in [2.05, 4.69) is 55.5 Å². The van der Waals surface area contributed by atoms with Gasteiger partial charge in [0, 0.05) is 16.8 Å². The molecule has 1 aliphatic carbocycles. The highest BCUT2D eigenvalue weighted by Crippen LogP contribution is 2.48. The third kappa shape index (κ3) is 10.5. The molecule has 4 N–H and O–H groups in total. The first-order valence-electron chi connectivity index (χ1n) is 18.8. The van der Waals surface area contributed by atoms with Gasteiger partial charge in [0.25, 0.3) is 0 Å². The maximum absolute atomic E-state index is 6.14. The number of rotatable bonds is 19. The molecule has 0 aliphatic heterocycles. The summed E-state index contributed by atoms with van der Waals surface area (Å²) in [6.45, 7) is 2.30. The number of unbranched alkanes of at least 4 members (excludes halogenated alkanes) is 11. The Bertz CT molecular complexity index is 1360. The van der Waals surface area contributed by atoms with Gasteiger partial charge in [0.15, 0.2) is 0 Å². The normalized spacial score (nSPS) is 14.5. The number of anilines is 2. The lowest BCUT2D eigenvalue weighted by Crippen LogP contribution is -2.33. The maximum atomic E-state index is 6.14. The molecule has 0 saturated heterocycles. The molecule has 4 aromatic carbocycles. The molecule has 0 atom stereocenters. The maximum Gasteiger partial charge on any atom is 0.127 e. The summed E-state index contributed by atoms with van der Waals surface area (Å²) in [5.41, 5.74) is 15.9. The van der Waals surface area contributed by atoms with Crippen molar-refractivity contribution in [2.45, 2.75) is 121 Å². The Balaban J connectivity index is 1.17. The van der Waals surface area contributed by atoms with Crippen LogP contribution in [0.2, 0.25) is 0 Å². The number of hydrogen-bond acceptors (Lipinski definition) is 4. The molecule has 1 saturated carbocycles. The Morgan fingerprint density at radius 1 is 0.479 bits per heavy atom. The minimum absolute atomic E-state index is 0.0213. The van der Waals surface area contributed by atoms with Gasteiger partial charge < -0.3 is 20.9 Å². The minimum Gasteiger partial charge on any atom is -0.457 e. The summed E-state index contributed by atoms with van der Waals surface area (Å²) in [5.74, 6) is 4.09. The van der Waals surface area contributed by atoms with E-state index in [4.69, 9.17) is 20.9 Å². The molecule has 0 radical (unpaired) electrons. The van der Waals surface area contributed by atoms with E-state index in [1.807, 2.05) is 48.5 Å². The van der Waals surface area contributed by atoms with Gasteiger partial charge in [-0.1, -0.05) is 115 Å². The SMILES string of the molecule is CCCCCCCCCCCCCCC1CCC(c2ccc(Oc3ccc(N)cc3)cc2)(c2ccc(Oc3ccc(N)cc3)cc2)CC1. The number of nitrogens with two attached hydrogens (primary N) is 2. The van der Waals surface area contributed by atoms with E-state index in [0.717, 1.165) is 53.1 Å². The smallest absolute Gasteiger partial charge is 0.127 e. The van der Waals surface area contributed by atoms with Crippen LogP contribution in [0.15, 0.2) is 97.1 Å². The van der Waals surface area contributed by atoms with Crippen molar-refractivity contribution in [3.8, 4) is 23.0 Å². The molecule has 4 heteroatoms. The van der Waals surface area contributed by atoms with E-state index in [1.54, 1.807) is 0 Å². The van der Waals surface area contributed by atoms with Gasteiger partial charge in [-0.3, -0.25) is 0 Å². The van der Waals surface area contributed by atoms with E-state index in [0.29, 0.717) is 0 Å². The van der Waals surface area contributed by atoms with Gasteiger partial charge >= 0.3 is 0 Å². The first-order chi connectivity index (χ1) is 23.5. The summed E-state index contributed by atoms with van der Waals surface area (Å²) in [7, 11) is 0. The highest BCUT2D eigenvalue weighted by atomic mass is 16.5. The highest BCUT2D eigenvalue weighted by molar-refractivity contribution is 5.47. The quantitative estimate of drug-likeness (QED) is 0.0785. The van der Waals surface area contributed by atoms with Crippen molar-refractivity contribution >= 4 is 11.4 Å². The lowest BCUT2D eigenvalue weighted by atomic mass is 9.62. The van der Waals surface area contributed by atoms with Crippen molar-refractivity contribution < 1.29 is 9.47 Å². The molecule has 1 fully saturated rings. The predicted octanol–water partition coefficient (Wildman–Crippen LogP) is 13.0. The van der Waals surface area contributed by atoms with Crippen molar-refractivity contribution in [3.05, 3.63) is 108 Å². The van der Waals surface area contributed by atoms with Crippen LogP contribution in [0.5, 0.6) is 23.0 Å². The molecule has 0 spiro atoms. The molecule has 0 heterocycles. The van der Waals surface area contributed by atoms with Crippen molar-refractivity contribution in [1.29, 1.82) is 0 Å². The zero-order valence-electron chi connectivity index (χ0n) is 29.3. The van der Waals surface area contributed by atoms with Crippen LogP contribution in [-0.4, -0.2) is 0 Å². The third-order valence-corrected chi connectivity index (χ3v) is 10.5. The van der Waals surface area contributed by atoms with Gasteiger partial charge in [0.1, 0.15) is 23.0 Å². The second kappa shape index (κ2) is 18.6. The fraction of sp³-hybridized carbons (Fsp3) is 0.455. The van der Waals surface area contributed by atoms with E-state index < -0.39 is 0 Å². The largest absolute Gasteiger partial charge is 0.457 e. The number of hydrogen-bond donors (Lipinski definition) is 2. The molecule has 0 amide bonds. The zero-order valence-corrected chi connectivity index (χ0v) is 29.3. The fourth-order valence-electron chi connectivity index (χ4n) is 7.51. The summed E-state index contributed by atoms with van der Waals surface area (Å²) in [5, 5.41) is 0. The van der Waals surface area contributed by atoms with Gasteiger partial charge in [-0.2, -0.15) is 0 Å². The highest BCUT2D eigenvalue weighted by Gasteiger charge is 2.38. The Kier molecular flexibility index (Phi) is 13.7. The summed E-state index contributed by atoms with van der Waals surface area (Å²) in [6.07, 6.45) is 23.2. The second-order valence-corrected chi connectivity index (χ2v) is 14.1. The lowest BCUT2D eigenvalue weighted by molar-refractivity contribution is 0.250. The molecular weight excluding hydrogens is 588 g/mol. The number of nitrogen functional groups attached to an aromatic ring is 2. The number of ether oxygens (including phenoxy) is 2. The van der Waals surface area contributed by atoms with Crippen LogP contribution in [-0.2, 0) is 5.41 Å². The number of benzene rings is 4. The Hall–Kier alpha value is -3.92. The van der Waals surface area contributed by atoms with E-state index in [9.17, 15) is 0 Å². The summed E-state index contributed by atoms with van der Waals surface area (Å²) in [6, 6.07) is 32.7. The van der Waals surface area contributed by atoms with Gasteiger partial charge in [-0.25, -0.2) is 0 Å². The van der Waals surface area contributed by atoms with Crippen LogP contribution >= 0.6 is 0 Å². The van der Waals surface area contributed by atoms with Crippen molar-refractivity contribution in [2.24, 2.45) is 5.92 Å². The Morgan fingerprint density at radius 2 is 0.812 bits per heavy atom. The van der Waals surface area contributed by atoms with Crippen molar-refractivity contribution in [1.82, 2.24) is 0 Å². The monoisotopic (exact) mass is 646 g/mol. The van der Waals surface area contributed by atoms with Crippen LogP contribution < -0.4 is 20.9 Å². The average Bonchev–Trinajstić information content (AvgIpc) is 3.12. The molecule has 0 aromatic heterocycles. The molecule has 0 unspecified atom stereocenters. The molecule has 4 nitrogen and oxygen atoms in total. The standard InChI is InChI=1S/C44H58N2O2/c1-2-3-4-5-6-7-8-9-10-11-12-13-14-35-31-33-44(34-32-35,36-15-23-40(24-16-36)47-42-27-19-38(45)20-28-42)37-17-25-41(26-18-37)48-43-29-21-39(46)22-30-43/h15-30,35H,2-14,31-34,45-46H2,1H3. The molecular formula is C44H58N2O2. The molecule has 0 bridgehead atoms. The van der Waals surface area contributed by atoms with E-state index in [-0.39, 0.29) is 5.41 Å². The van der Waals surface area contributed by atoms with E-state index in [1.165, 1.54) is 107 Å². The molecule has 256 valence electrons. The van der Waals surface area contributed by atoms with Crippen LogP contribution in [0.1, 0.15) is 127 Å². The van der Waals surface area contributed by atoms with Crippen LogP contribution in [0.3, 0.4) is 0 Å². The predicted molar refractivity (Wildman–Crippen MR) is 203 cm³/mol. The van der Waals surface area contributed by atoms with Crippen molar-refractivity contribution in [2.75, 3.05) is 11.5 Å². The molecule has 48 heavy (non-hydrogen) atoms. The van der Waals surface area contributed by atoms with Gasteiger partial charge in [0.2, 0.25) is 0 Å². The Morgan fingerprint density at radius 3 is 1.19 bits per heavy atom. The van der Waals surface area contributed by atoms with E-state index >= 15 is 0 Å². The van der Waals surface area contributed by atoms with Crippen LogP contribution in [0, 0.1) is 5.92 Å². The van der Waals surface area contributed by atoms with Gasteiger partial charge in [-0.05, 0) is 116 Å². The Labute approximate surface area is 290 Å². The molecule has 5 rings (SSSR count). The average molecular weight is 647 g/mol. The summed E-state index contributed by atoms with van der Waals surface area (Å²) in [4.78, 5) is 0. The topological polar surface area (TPSA) is 70.5 Å². The van der Waals surface area contributed by atoms with Crippen molar-refractivity contribution in [3.63, 3.8) is 0 Å². The van der Waals surface area contributed by atoms with Crippen LogP contribution in [0.25, 0.3) is 0 Å². The molecule has 1 aliphatic rings. The lowest BCUT2D eigenvalue weighted by Gasteiger charge is -2.41. The first-order valence-corrected chi connectivity index (χ1v) is 18.8. The molecule has 4 aromatic rings. The van der Waals surface area contributed by atoms with Crippen LogP contribution in [0.4, 0.5) is 11.4 Å². The summed E-state index contributed by atoms with van der Waals surface area (Å²) < 4.78 is 12.3. The minimum atomic E-state index is -0.0213. The van der Waals surface area contributed by atoms with Gasteiger partial charge in [0.05, 0.1) is 0 Å². The summed E-state index contributed by atoms with van der Waals surface area (Å²) >= 11 is 0. The van der Waals surface area contributed by atoms with Gasteiger partial charge in [-0.15, -0.1) is 0 Å².